The molecule has 0 radical (unpaired) electrons. The minimum atomic E-state index is -0.539. The third kappa shape index (κ3) is 4.33. The van der Waals surface area contributed by atoms with Crippen LogP contribution in [0, 0.1) is 5.41 Å². The first-order valence-corrected chi connectivity index (χ1v) is 11.3. The summed E-state index contributed by atoms with van der Waals surface area (Å²) in [6, 6.07) is 3.51. The van der Waals surface area contributed by atoms with Gasteiger partial charge in [0.15, 0.2) is 16.5 Å². The first kappa shape index (κ1) is 21.5. The number of hydrogen-bond donors (Lipinski definition) is 2. The van der Waals surface area contributed by atoms with Crippen molar-refractivity contribution < 1.29 is 19.4 Å². The van der Waals surface area contributed by atoms with E-state index in [0.29, 0.717) is 27.5 Å². The minimum absolute atomic E-state index is 0.123. The van der Waals surface area contributed by atoms with Gasteiger partial charge in [-0.3, -0.25) is 4.79 Å². The summed E-state index contributed by atoms with van der Waals surface area (Å²) in [5, 5.41) is 9.37. The smallest absolute Gasteiger partial charge is 0.399 e. The number of nitrogens with one attached hydrogen (secondary N) is 1. The minimum Gasteiger partial charge on any atom is -0.399 e. The summed E-state index contributed by atoms with van der Waals surface area (Å²) in [5.74, 6) is 0.123. The Kier molecular flexibility index (Phi) is 6.06. The van der Waals surface area contributed by atoms with Gasteiger partial charge in [-0.25, -0.2) is 14.8 Å². The van der Waals surface area contributed by atoms with Crippen molar-refractivity contribution in [3.05, 3.63) is 30.1 Å². The average molecular weight is 443 g/mol. The quantitative estimate of drug-likeness (QED) is 0.552. The molecule has 1 saturated carbocycles. The first-order valence-electron chi connectivity index (χ1n) is 10.4. The Morgan fingerprint density at radius 1 is 1.29 bits per heavy atom. The van der Waals surface area contributed by atoms with Crippen LogP contribution in [0.2, 0.25) is 0 Å². The Bertz CT molecular complexity index is 1100. The fourth-order valence-corrected chi connectivity index (χ4v) is 4.79. The van der Waals surface area contributed by atoms with Crippen molar-refractivity contribution in [2.75, 3.05) is 20.2 Å². The number of thiophene rings is 1. The number of nitrogens with zero attached hydrogens (tertiary/aromatic N) is 3. The number of hydrogen-bond acceptors (Lipinski definition) is 7. The van der Waals surface area contributed by atoms with Gasteiger partial charge in [0.25, 0.3) is 0 Å². The maximum atomic E-state index is 13.3. The van der Waals surface area contributed by atoms with Gasteiger partial charge in [-0.05, 0) is 25.0 Å². The Hall–Kier alpha value is -2.78. The summed E-state index contributed by atoms with van der Waals surface area (Å²) < 4.78 is 5.34. The second kappa shape index (κ2) is 8.76. The highest BCUT2D eigenvalue weighted by molar-refractivity contribution is 7.17. The lowest BCUT2D eigenvalue weighted by Gasteiger charge is -2.31. The van der Waals surface area contributed by atoms with Crippen molar-refractivity contribution in [3.63, 3.8) is 0 Å². The number of aliphatic hydroxyl groups excluding tert-OH is 1. The van der Waals surface area contributed by atoms with Gasteiger partial charge in [0, 0.05) is 25.2 Å². The van der Waals surface area contributed by atoms with Crippen LogP contribution in [0.15, 0.2) is 24.5 Å². The fourth-order valence-electron chi connectivity index (χ4n) is 3.99. The molecule has 1 aliphatic carbocycles. The lowest BCUT2D eigenvalue weighted by Crippen LogP contribution is -2.31. The van der Waals surface area contributed by atoms with Crippen molar-refractivity contribution in [2.45, 2.75) is 39.0 Å². The lowest BCUT2D eigenvalue weighted by molar-refractivity contribution is 0.0751. The van der Waals surface area contributed by atoms with Gasteiger partial charge in [-0.15, -0.1) is 0 Å². The van der Waals surface area contributed by atoms with Crippen LogP contribution in [0.3, 0.4) is 0 Å². The largest absolute Gasteiger partial charge is 0.415 e. The van der Waals surface area contributed by atoms with Gasteiger partial charge in [-0.2, -0.15) is 0 Å². The number of ether oxygens (including phenoxy) is 1. The van der Waals surface area contributed by atoms with Gasteiger partial charge < -0.3 is 19.7 Å². The number of aromatic amines is 1. The third-order valence-corrected chi connectivity index (χ3v) is 6.89. The zero-order valence-corrected chi connectivity index (χ0v) is 18.5. The monoisotopic (exact) mass is 442 g/mol. The van der Waals surface area contributed by atoms with E-state index in [-0.39, 0.29) is 24.3 Å². The predicted octanol–water partition coefficient (Wildman–Crippen LogP) is 4.26. The molecule has 31 heavy (non-hydrogen) atoms. The topological polar surface area (TPSA) is 108 Å². The van der Waals surface area contributed by atoms with E-state index < -0.39 is 6.09 Å². The molecule has 0 unspecified atom stereocenters. The lowest BCUT2D eigenvalue weighted by atomic mass is 9.71. The van der Waals surface area contributed by atoms with Crippen LogP contribution in [0.1, 0.15) is 49.4 Å². The molecule has 0 aromatic carbocycles. The number of Topliss-reactive ketones (excluding diaryl/α,β-unsaturated/α-hetero) is 1. The summed E-state index contributed by atoms with van der Waals surface area (Å²) in [6.07, 6.45) is 7.95. The number of carbonyl (C=O) groups is 2. The second-order valence-electron chi connectivity index (χ2n) is 8.24. The number of rotatable bonds is 6. The van der Waals surface area contributed by atoms with E-state index in [9.17, 15) is 9.59 Å². The summed E-state index contributed by atoms with van der Waals surface area (Å²) in [5.41, 5.74) is 2.01. The number of aromatic nitrogens is 3. The summed E-state index contributed by atoms with van der Waals surface area (Å²) >= 11 is 1.27. The van der Waals surface area contributed by atoms with E-state index in [2.05, 4.69) is 16.9 Å². The number of fused-ring (bicyclic) bond motifs is 1. The zero-order valence-electron chi connectivity index (χ0n) is 17.7. The molecule has 2 N–H and O–H groups in total. The summed E-state index contributed by atoms with van der Waals surface area (Å²) in [7, 11) is 1.56. The fraction of sp³-hybridized carbons (Fsp3) is 0.455. The molecular weight excluding hydrogens is 416 g/mol. The number of aliphatic hydroxyl groups is 1. The van der Waals surface area contributed by atoms with Gasteiger partial charge in [0.05, 0.1) is 28.9 Å². The first-order chi connectivity index (χ1) is 14.9. The Balaban J connectivity index is 1.59. The molecule has 3 aromatic heterocycles. The van der Waals surface area contributed by atoms with Gasteiger partial charge in [0.2, 0.25) is 0 Å². The van der Waals surface area contributed by atoms with Crippen LogP contribution in [0.25, 0.3) is 21.7 Å². The standard InChI is InChI=1S/C22H26N4O4S/c1-22(8-4-3-5-9-22)19(28)14-12-23-20-18(14)25-15(13-24-20)16-6-7-17(31-16)30-21(29)26(2)10-11-27/h6-7,12-13,27H,3-5,8-11H2,1-2H3,(H,23,24). The van der Waals surface area contributed by atoms with Crippen molar-refractivity contribution in [1.82, 2.24) is 19.9 Å². The van der Waals surface area contributed by atoms with Crippen LogP contribution < -0.4 is 4.74 Å². The van der Waals surface area contributed by atoms with Crippen LogP contribution in [0.5, 0.6) is 5.06 Å². The van der Waals surface area contributed by atoms with E-state index in [1.165, 1.54) is 22.7 Å². The molecule has 8 nitrogen and oxygen atoms in total. The molecule has 9 heteroatoms. The number of amides is 1. The SMILES string of the molecule is CN(CCO)C(=O)Oc1ccc(-c2cnc3[nH]cc(C(=O)C4(C)CCCCC4)c3n2)s1. The molecule has 0 spiro atoms. The second-order valence-corrected chi connectivity index (χ2v) is 9.28. The predicted molar refractivity (Wildman–Crippen MR) is 118 cm³/mol. The normalized spacial score (nSPS) is 15.7. The molecule has 1 aliphatic rings. The highest BCUT2D eigenvalue weighted by atomic mass is 32.1. The van der Waals surface area contributed by atoms with Crippen LogP contribution in [-0.4, -0.2) is 57.0 Å². The number of carbonyl (C=O) groups excluding carboxylic acids is 2. The maximum absolute atomic E-state index is 13.3. The molecule has 0 bridgehead atoms. The van der Waals surface area contributed by atoms with Gasteiger partial charge in [-0.1, -0.05) is 37.5 Å². The van der Waals surface area contributed by atoms with Crippen molar-refractivity contribution in [1.29, 1.82) is 0 Å². The van der Waals surface area contributed by atoms with E-state index in [0.717, 1.165) is 30.6 Å². The molecule has 3 heterocycles. The molecule has 1 amide bonds. The molecule has 1 fully saturated rings. The number of likely N-dealkylation sites (N-methyl/N-ethyl adjacent to an activating group) is 1. The third-order valence-electron chi connectivity index (χ3n) is 5.90. The molecule has 164 valence electrons. The number of H-pyrrole nitrogens is 1. The van der Waals surface area contributed by atoms with Crippen molar-refractivity contribution in [2.24, 2.45) is 5.41 Å². The van der Waals surface area contributed by atoms with E-state index in [1.807, 2.05) is 6.07 Å². The molecular formula is C22H26N4O4S. The van der Waals surface area contributed by atoms with Gasteiger partial charge >= 0.3 is 6.09 Å². The van der Waals surface area contributed by atoms with Crippen LogP contribution >= 0.6 is 11.3 Å². The van der Waals surface area contributed by atoms with E-state index in [4.69, 9.17) is 14.8 Å². The average Bonchev–Trinajstić information content (AvgIpc) is 3.40. The van der Waals surface area contributed by atoms with Crippen molar-refractivity contribution >= 4 is 34.4 Å². The zero-order chi connectivity index (χ0) is 22.0. The Morgan fingerprint density at radius 2 is 2.06 bits per heavy atom. The van der Waals surface area contributed by atoms with Crippen molar-refractivity contribution in [3.8, 4) is 15.6 Å². The van der Waals surface area contributed by atoms with Crippen LogP contribution in [0.4, 0.5) is 4.79 Å². The molecule has 4 rings (SSSR count). The molecule has 0 atom stereocenters. The van der Waals surface area contributed by atoms with Gasteiger partial charge in [0.1, 0.15) is 5.52 Å². The summed E-state index contributed by atoms with van der Waals surface area (Å²) in [6.45, 7) is 2.12. The Labute approximate surface area is 184 Å². The van der Waals surface area contributed by atoms with E-state index >= 15 is 0 Å². The highest BCUT2D eigenvalue weighted by Gasteiger charge is 2.36. The van der Waals surface area contributed by atoms with Crippen LogP contribution in [-0.2, 0) is 0 Å². The maximum Gasteiger partial charge on any atom is 0.415 e. The molecule has 3 aromatic rings. The highest BCUT2D eigenvalue weighted by Crippen LogP contribution is 2.40. The molecule has 0 aliphatic heterocycles. The summed E-state index contributed by atoms with van der Waals surface area (Å²) in [4.78, 5) is 39.7. The van der Waals surface area contributed by atoms with E-state index in [1.54, 1.807) is 25.5 Å². The molecule has 0 saturated heterocycles. The Morgan fingerprint density at radius 3 is 2.81 bits per heavy atom. The number of ketones is 1.